The normalized spacial score (nSPS) is 10.7. The van der Waals surface area contributed by atoms with Gasteiger partial charge in [0.15, 0.2) is 11.5 Å². The van der Waals surface area contributed by atoms with Crippen molar-refractivity contribution >= 4 is 11.9 Å². The first-order valence-corrected chi connectivity index (χ1v) is 8.38. The summed E-state index contributed by atoms with van der Waals surface area (Å²) in [6, 6.07) is 5.76. The number of aryl methyl sites for hydroxylation is 4. The lowest BCUT2D eigenvalue weighted by molar-refractivity contribution is 0.102. The van der Waals surface area contributed by atoms with E-state index >= 15 is 0 Å². The van der Waals surface area contributed by atoms with E-state index in [1.54, 1.807) is 28.1 Å². The maximum Gasteiger partial charge on any atom is 0.263 e. The van der Waals surface area contributed by atoms with Crippen molar-refractivity contribution in [3.63, 3.8) is 0 Å². The van der Waals surface area contributed by atoms with Crippen molar-refractivity contribution in [2.24, 2.45) is 0 Å². The molecule has 0 saturated heterocycles. The molecule has 9 heteroatoms. The molecular formula is C18H21N5O4. The Balaban J connectivity index is 1.62. The number of nitrogens with one attached hydrogen (secondary N) is 2. The fourth-order valence-corrected chi connectivity index (χ4v) is 2.73. The second-order valence-electron chi connectivity index (χ2n) is 5.95. The number of rotatable bonds is 7. The number of H-pyrrole nitrogens is 1. The Bertz CT molecular complexity index is 928. The molecule has 0 aliphatic rings. The summed E-state index contributed by atoms with van der Waals surface area (Å²) in [5.74, 6) is 2.34. The molecule has 3 rings (SSSR count). The number of anilines is 1. The Morgan fingerprint density at radius 1 is 1.19 bits per heavy atom. The molecule has 0 spiro atoms. The van der Waals surface area contributed by atoms with Gasteiger partial charge in [-0.05, 0) is 38.0 Å². The molecule has 0 bridgehead atoms. The zero-order valence-corrected chi connectivity index (χ0v) is 15.6. The van der Waals surface area contributed by atoms with Crippen LogP contribution in [0.3, 0.4) is 0 Å². The highest BCUT2D eigenvalue weighted by atomic mass is 16.5. The average Bonchev–Trinajstić information content (AvgIpc) is 3.25. The molecule has 0 fully saturated rings. The minimum atomic E-state index is -0.350. The molecule has 0 aliphatic carbocycles. The van der Waals surface area contributed by atoms with Gasteiger partial charge in [-0.15, -0.1) is 5.10 Å². The van der Waals surface area contributed by atoms with E-state index in [2.05, 4.69) is 25.7 Å². The Kier molecular flexibility index (Phi) is 5.39. The molecule has 0 saturated carbocycles. The summed E-state index contributed by atoms with van der Waals surface area (Å²) >= 11 is 0. The third-order valence-electron chi connectivity index (χ3n) is 4.12. The molecular weight excluding hydrogens is 350 g/mol. The summed E-state index contributed by atoms with van der Waals surface area (Å²) in [6.07, 6.45) is 1.36. The average molecular weight is 371 g/mol. The van der Waals surface area contributed by atoms with Gasteiger partial charge >= 0.3 is 0 Å². The lowest BCUT2D eigenvalue weighted by Gasteiger charge is -2.09. The van der Waals surface area contributed by atoms with E-state index in [-0.39, 0.29) is 11.9 Å². The second-order valence-corrected chi connectivity index (χ2v) is 5.95. The number of hydrogen-bond acceptors (Lipinski definition) is 7. The van der Waals surface area contributed by atoms with Crippen LogP contribution in [-0.4, -0.2) is 40.5 Å². The Morgan fingerprint density at radius 3 is 2.63 bits per heavy atom. The molecule has 2 N–H and O–H groups in total. The number of carbonyl (C=O) groups is 1. The molecule has 0 radical (unpaired) electrons. The summed E-state index contributed by atoms with van der Waals surface area (Å²) in [5, 5.41) is 13.3. The Hall–Kier alpha value is -3.36. The first-order chi connectivity index (χ1) is 13.0. The zero-order chi connectivity index (χ0) is 19.4. The van der Waals surface area contributed by atoms with Crippen molar-refractivity contribution in [3.05, 3.63) is 46.6 Å². The van der Waals surface area contributed by atoms with Gasteiger partial charge in [0, 0.05) is 6.42 Å². The van der Waals surface area contributed by atoms with Gasteiger partial charge in [0.25, 0.3) is 5.91 Å². The van der Waals surface area contributed by atoms with E-state index in [1.807, 2.05) is 18.2 Å². The fraction of sp³-hybridized carbons (Fsp3) is 0.333. The zero-order valence-electron chi connectivity index (χ0n) is 15.6. The molecule has 2 heterocycles. The first-order valence-electron chi connectivity index (χ1n) is 8.38. The van der Waals surface area contributed by atoms with Crippen molar-refractivity contribution in [1.29, 1.82) is 0 Å². The van der Waals surface area contributed by atoms with Crippen molar-refractivity contribution in [3.8, 4) is 11.5 Å². The van der Waals surface area contributed by atoms with Crippen LogP contribution in [0.4, 0.5) is 5.95 Å². The monoisotopic (exact) mass is 371 g/mol. The highest BCUT2D eigenvalue weighted by molar-refractivity contribution is 6.04. The fourth-order valence-electron chi connectivity index (χ4n) is 2.73. The summed E-state index contributed by atoms with van der Waals surface area (Å²) in [7, 11) is 3.20. The smallest absolute Gasteiger partial charge is 0.263 e. The van der Waals surface area contributed by atoms with E-state index in [4.69, 9.17) is 14.0 Å². The molecule has 9 nitrogen and oxygen atoms in total. The van der Waals surface area contributed by atoms with Crippen molar-refractivity contribution < 1.29 is 18.8 Å². The van der Waals surface area contributed by atoms with Crippen molar-refractivity contribution in [2.75, 3.05) is 19.5 Å². The second kappa shape index (κ2) is 7.90. The number of hydrogen-bond donors (Lipinski definition) is 2. The molecule has 0 unspecified atom stereocenters. The van der Waals surface area contributed by atoms with Crippen LogP contribution >= 0.6 is 0 Å². The minimum Gasteiger partial charge on any atom is -0.493 e. The number of aromatic amines is 1. The van der Waals surface area contributed by atoms with Gasteiger partial charge in [0.1, 0.15) is 17.1 Å². The number of nitrogens with zero attached hydrogens (tertiary/aromatic N) is 3. The van der Waals surface area contributed by atoms with Crippen LogP contribution in [0.1, 0.15) is 33.2 Å². The van der Waals surface area contributed by atoms with Crippen LogP contribution in [0.5, 0.6) is 11.5 Å². The largest absolute Gasteiger partial charge is 0.493 e. The maximum absolute atomic E-state index is 12.3. The standard InChI is InChI=1S/C18H21N5O4/c1-10-16(11(2)27-23-10)17(24)20-18-19-15(21-22-18)8-6-12-5-7-13(25-3)14(9-12)26-4/h5,7,9H,6,8H2,1-4H3,(H2,19,20,21,22,24). The first kappa shape index (κ1) is 18.4. The predicted molar refractivity (Wildman–Crippen MR) is 97.3 cm³/mol. The lowest BCUT2D eigenvalue weighted by atomic mass is 10.1. The quantitative estimate of drug-likeness (QED) is 0.655. The SMILES string of the molecule is COc1ccc(CCc2nc(NC(=O)c3c(C)noc3C)n[nH]2)cc1OC. The van der Waals surface area contributed by atoms with Gasteiger partial charge in [0.2, 0.25) is 5.95 Å². The van der Waals surface area contributed by atoms with Gasteiger partial charge in [0.05, 0.1) is 19.9 Å². The molecule has 27 heavy (non-hydrogen) atoms. The summed E-state index contributed by atoms with van der Waals surface area (Å²) in [5.41, 5.74) is 1.99. The number of aromatic nitrogens is 4. The number of methoxy groups -OCH3 is 2. The van der Waals surface area contributed by atoms with E-state index in [0.29, 0.717) is 40.8 Å². The highest BCUT2D eigenvalue weighted by Gasteiger charge is 2.19. The third-order valence-corrected chi connectivity index (χ3v) is 4.12. The third kappa shape index (κ3) is 4.08. The molecule has 3 aromatic rings. The van der Waals surface area contributed by atoms with Gasteiger partial charge in [-0.1, -0.05) is 11.2 Å². The van der Waals surface area contributed by atoms with Crippen LogP contribution in [-0.2, 0) is 12.8 Å². The summed E-state index contributed by atoms with van der Waals surface area (Å²) in [4.78, 5) is 16.6. The minimum absolute atomic E-state index is 0.210. The predicted octanol–water partition coefficient (Wildman–Crippen LogP) is 2.46. The molecule has 1 aromatic carbocycles. The summed E-state index contributed by atoms with van der Waals surface area (Å²) < 4.78 is 15.6. The number of ether oxygens (including phenoxy) is 2. The molecule has 1 amide bonds. The number of benzene rings is 1. The summed E-state index contributed by atoms with van der Waals surface area (Å²) in [6.45, 7) is 3.39. The van der Waals surface area contributed by atoms with Gasteiger partial charge in [-0.2, -0.15) is 4.98 Å². The van der Waals surface area contributed by atoms with E-state index < -0.39 is 0 Å². The number of carbonyl (C=O) groups excluding carboxylic acids is 1. The highest BCUT2D eigenvalue weighted by Crippen LogP contribution is 2.28. The van der Waals surface area contributed by atoms with Crippen LogP contribution in [0.25, 0.3) is 0 Å². The van der Waals surface area contributed by atoms with Crippen LogP contribution in [0, 0.1) is 13.8 Å². The number of amides is 1. The van der Waals surface area contributed by atoms with Crippen LogP contribution < -0.4 is 14.8 Å². The molecule has 0 atom stereocenters. The van der Waals surface area contributed by atoms with Crippen LogP contribution in [0.15, 0.2) is 22.7 Å². The van der Waals surface area contributed by atoms with E-state index in [9.17, 15) is 4.79 Å². The van der Waals surface area contributed by atoms with Crippen LogP contribution in [0.2, 0.25) is 0 Å². The van der Waals surface area contributed by atoms with Gasteiger partial charge < -0.3 is 14.0 Å². The molecule has 0 aliphatic heterocycles. The van der Waals surface area contributed by atoms with Crippen molar-refractivity contribution in [2.45, 2.75) is 26.7 Å². The molecule has 2 aromatic heterocycles. The Labute approximate surface area is 156 Å². The Morgan fingerprint density at radius 2 is 1.96 bits per heavy atom. The van der Waals surface area contributed by atoms with Gasteiger partial charge in [-0.3, -0.25) is 15.2 Å². The van der Waals surface area contributed by atoms with E-state index in [1.165, 1.54) is 0 Å². The maximum atomic E-state index is 12.3. The molecule has 142 valence electrons. The lowest BCUT2D eigenvalue weighted by Crippen LogP contribution is -2.14. The van der Waals surface area contributed by atoms with E-state index in [0.717, 1.165) is 12.0 Å². The topological polar surface area (TPSA) is 115 Å². The van der Waals surface area contributed by atoms with Crippen molar-refractivity contribution in [1.82, 2.24) is 20.3 Å². The van der Waals surface area contributed by atoms with Gasteiger partial charge in [-0.25, -0.2) is 0 Å².